The third-order valence-electron chi connectivity index (χ3n) is 2.75. The van der Waals surface area contributed by atoms with Crippen molar-refractivity contribution in [2.75, 3.05) is 0 Å². The average Bonchev–Trinajstić information content (AvgIpc) is 2.67. The average molecular weight is 196 g/mol. The van der Waals surface area contributed by atoms with E-state index < -0.39 is 0 Å². The molecule has 1 heterocycles. The van der Waals surface area contributed by atoms with E-state index in [1.54, 1.807) is 11.5 Å². The summed E-state index contributed by atoms with van der Waals surface area (Å²) in [6.07, 6.45) is 7.81. The van der Waals surface area contributed by atoms with Gasteiger partial charge in [0.15, 0.2) is 0 Å². The molecule has 0 bridgehead atoms. The van der Waals surface area contributed by atoms with E-state index >= 15 is 0 Å². The molecule has 0 aromatic carbocycles. The maximum atomic E-state index is 4.56. The van der Waals surface area contributed by atoms with Crippen molar-refractivity contribution < 1.29 is 0 Å². The number of aromatic nitrogens is 2. The number of hydrogen-bond acceptors (Lipinski definition) is 3. The van der Waals surface area contributed by atoms with Gasteiger partial charge in [-0.2, -0.15) is 4.37 Å². The first-order valence-corrected chi connectivity index (χ1v) is 6.00. The molecule has 1 fully saturated rings. The summed E-state index contributed by atoms with van der Waals surface area (Å²) in [6.45, 7) is 2.12. The van der Waals surface area contributed by atoms with Crippen molar-refractivity contribution >= 4 is 11.5 Å². The Morgan fingerprint density at radius 1 is 1.31 bits per heavy atom. The van der Waals surface area contributed by atoms with Crippen molar-refractivity contribution in [3.8, 4) is 0 Å². The molecule has 1 aliphatic carbocycles. The van der Waals surface area contributed by atoms with Gasteiger partial charge in [0.2, 0.25) is 0 Å². The molecular formula is C10H16N2S. The smallest absolute Gasteiger partial charge is 0.142 e. The van der Waals surface area contributed by atoms with Crippen molar-refractivity contribution in [2.24, 2.45) is 0 Å². The van der Waals surface area contributed by atoms with Crippen molar-refractivity contribution in [1.82, 2.24) is 9.36 Å². The minimum atomic E-state index is 0.728. The molecule has 3 heteroatoms. The molecule has 72 valence electrons. The molecule has 1 aliphatic rings. The number of nitrogens with zero attached hydrogens (tertiary/aromatic N) is 2. The Morgan fingerprint density at radius 2 is 2.08 bits per heavy atom. The zero-order valence-electron chi connectivity index (χ0n) is 8.12. The fraction of sp³-hybridized carbons (Fsp3) is 0.800. The highest BCUT2D eigenvalue weighted by Crippen LogP contribution is 2.33. The van der Waals surface area contributed by atoms with Gasteiger partial charge in [-0.1, -0.05) is 26.2 Å². The lowest BCUT2D eigenvalue weighted by molar-refractivity contribution is 0.442. The SMILES string of the molecule is CCc1nsc(C2CCCCC2)n1. The van der Waals surface area contributed by atoms with Crippen molar-refractivity contribution in [3.63, 3.8) is 0 Å². The first kappa shape index (κ1) is 9.13. The second-order valence-electron chi connectivity index (χ2n) is 3.74. The third kappa shape index (κ3) is 2.08. The lowest BCUT2D eigenvalue weighted by atomic mass is 9.90. The highest BCUT2D eigenvalue weighted by Gasteiger charge is 2.18. The van der Waals surface area contributed by atoms with Crippen molar-refractivity contribution in [1.29, 1.82) is 0 Å². The van der Waals surface area contributed by atoms with Crippen molar-refractivity contribution in [3.05, 3.63) is 10.8 Å². The molecule has 0 saturated heterocycles. The van der Waals surface area contributed by atoms with Crippen molar-refractivity contribution in [2.45, 2.75) is 51.4 Å². The van der Waals surface area contributed by atoms with Gasteiger partial charge in [0.1, 0.15) is 10.8 Å². The van der Waals surface area contributed by atoms with E-state index in [2.05, 4.69) is 16.3 Å². The molecule has 0 radical (unpaired) electrons. The van der Waals surface area contributed by atoms with E-state index in [-0.39, 0.29) is 0 Å². The summed E-state index contributed by atoms with van der Waals surface area (Å²) in [5.41, 5.74) is 0. The monoisotopic (exact) mass is 196 g/mol. The minimum absolute atomic E-state index is 0.728. The summed E-state index contributed by atoms with van der Waals surface area (Å²) >= 11 is 1.62. The van der Waals surface area contributed by atoms with Gasteiger partial charge in [-0.3, -0.25) is 0 Å². The van der Waals surface area contributed by atoms with Gasteiger partial charge in [0.05, 0.1) is 0 Å². The van der Waals surface area contributed by atoms with Gasteiger partial charge in [0, 0.05) is 12.3 Å². The lowest BCUT2D eigenvalue weighted by Gasteiger charge is -2.18. The molecule has 0 spiro atoms. The van der Waals surface area contributed by atoms with E-state index in [0.717, 1.165) is 18.2 Å². The summed E-state index contributed by atoms with van der Waals surface area (Å²) in [4.78, 5) is 4.56. The second-order valence-corrected chi connectivity index (χ2v) is 4.52. The molecule has 0 unspecified atom stereocenters. The van der Waals surface area contributed by atoms with E-state index in [9.17, 15) is 0 Å². The molecule has 2 rings (SSSR count). The normalized spacial score (nSPS) is 19.2. The van der Waals surface area contributed by atoms with Crippen LogP contribution in [0.5, 0.6) is 0 Å². The summed E-state index contributed by atoms with van der Waals surface area (Å²) in [6, 6.07) is 0. The minimum Gasteiger partial charge on any atom is -0.224 e. The fourth-order valence-electron chi connectivity index (χ4n) is 1.93. The lowest BCUT2D eigenvalue weighted by Crippen LogP contribution is -2.04. The molecule has 1 aromatic heterocycles. The van der Waals surface area contributed by atoms with Crippen LogP contribution >= 0.6 is 11.5 Å². The van der Waals surface area contributed by atoms with Crippen LogP contribution in [0.3, 0.4) is 0 Å². The molecule has 1 aromatic rings. The number of rotatable bonds is 2. The molecule has 0 atom stereocenters. The zero-order chi connectivity index (χ0) is 9.10. The molecule has 13 heavy (non-hydrogen) atoms. The quantitative estimate of drug-likeness (QED) is 0.726. The summed E-state index contributed by atoms with van der Waals surface area (Å²) < 4.78 is 4.34. The molecular weight excluding hydrogens is 180 g/mol. The zero-order valence-corrected chi connectivity index (χ0v) is 8.94. The Kier molecular flexibility index (Phi) is 2.94. The van der Waals surface area contributed by atoms with Gasteiger partial charge in [-0.25, -0.2) is 4.98 Å². The molecule has 2 nitrogen and oxygen atoms in total. The van der Waals surface area contributed by atoms with Crippen LogP contribution < -0.4 is 0 Å². The summed E-state index contributed by atoms with van der Waals surface area (Å²) in [5.74, 6) is 1.76. The Morgan fingerprint density at radius 3 is 2.69 bits per heavy atom. The molecule has 0 N–H and O–H groups in total. The van der Waals surface area contributed by atoms with Crippen LogP contribution in [0.2, 0.25) is 0 Å². The van der Waals surface area contributed by atoms with Gasteiger partial charge in [-0.15, -0.1) is 0 Å². The number of hydrogen-bond donors (Lipinski definition) is 0. The third-order valence-corrected chi connectivity index (χ3v) is 3.67. The predicted octanol–water partition coefficient (Wildman–Crippen LogP) is 3.15. The highest BCUT2D eigenvalue weighted by atomic mass is 32.1. The fourth-order valence-corrected chi connectivity index (χ4v) is 2.83. The van der Waals surface area contributed by atoms with E-state index in [0.29, 0.717) is 0 Å². The number of aryl methyl sites for hydroxylation is 1. The van der Waals surface area contributed by atoms with Gasteiger partial charge in [-0.05, 0) is 24.4 Å². The van der Waals surface area contributed by atoms with E-state index in [4.69, 9.17) is 0 Å². The van der Waals surface area contributed by atoms with Crippen LogP contribution in [-0.4, -0.2) is 9.36 Å². The van der Waals surface area contributed by atoms with Crippen LogP contribution in [0.1, 0.15) is 55.8 Å². The summed E-state index contributed by atoms with van der Waals surface area (Å²) in [5, 5.41) is 1.29. The van der Waals surface area contributed by atoms with Crippen LogP contribution in [0, 0.1) is 0 Å². The Hall–Kier alpha value is -0.440. The van der Waals surface area contributed by atoms with E-state index in [1.165, 1.54) is 37.1 Å². The largest absolute Gasteiger partial charge is 0.224 e. The predicted molar refractivity (Wildman–Crippen MR) is 55.1 cm³/mol. The maximum absolute atomic E-state index is 4.56. The van der Waals surface area contributed by atoms with Crippen LogP contribution in [0.25, 0.3) is 0 Å². The van der Waals surface area contributed by atoms with Gasteiger partial charge < -0.3 is 0 Å². The van der Waals surface area contributed by atoms with Crippen LogP contribution in [0.15, 0.2) is 0 Å². The standard InChI is InChI=1S/C10H16N2S/c1-2-9-11-10(13-12-9)8-6-4-3-5-7-8/h8H,2-7H2,1H3. The summed E-state index contributed by atoms with van der Waals surface area (Å²) in [7, 11) is 0. The molecule has 0 aliphatic heterocycles. The van der Waals surface area contributed by atoms with Crippen LogP contribution in [0.4, 0.5) is 0 Å². The first-order valence-electron chi connectivity index (χ1n) is 5.22. The first-order chi connectivity index (χ1) is 6.40. The highest BCUT2D eigenvalue weighted by molar-refractivity contribution is 7.05. The molecule has 0 amide bonds. The molecule has 1 saturated carbocycles. The Balaban J connectivity index is 2.05. The topological polar surface area (TPSA) is 25.8 Å². The van der Waals surface area contributed by atoms with E-state index in [1.807, 2.05) is 0 Å². The Bertz CT molecular complexity index is 264. The van der Waals surface area contributed by atoms with Gasteiger partial charge in [0.25, 0.3) is 0 Å². The maximum Gasteiger partial charge on any atom is 0.142 e. The Labute approximate surface area is 83.6 Å². The van der Waals surface area contributed by atoms with Gasteiger partial charge >= 0.3 is 0 Å². The second kappa shape index (κ2) is 4.18. The van der Waals surface area contributed by atoms with Crippen LogP contribution in [-0.2, 0) is 6.42 Å².